The number of ether oxygens (including phenoxy) is 3. The van der Waals surface area contributed by atoms with Crippen molar-refractivity contribution in [3.63, 3.8) is 0 Å². The van der Waals surface area contributed by atoms with Crippen LogP contribution in [-0.4, -0.2) is 100 Å². The fraction of sp³-hybridized carbons (Fsp3) is 0.852. The average molecular weight is 922 g/mol. The Morgan fingerprint density at radius 3 is 1.55 bits per heavy atom. The highest BCUT2D eigenvalue weighted by molar-refractivity contribution is 5.76. The lowest BCUT2D eigenvalue weighted by Crippen LogP contribution is -2.60. The van der Waals surface area contributed by atoms with Gasteiger partial charge in [0.1, 0.15) is 24.4 Å². The van der Waals surface area contributed by atoms with Gasteiger partial charge in [0.05, 0.1) is 32.0 Å². The summed E-state index contributed by atoms with van der Waals surface area (Å²) in [6, 6.07) is -0.846. The van der Waals surface area contributed by atoms with E-state index in [1.807, 2.05) is 6.08 Å². The molecule has 0 radical (unpaired) electrons. The number of rotatable bonds is 45. The lowest BCUT2D eigenvalue weighted by molar-refractivity contribution is -0.302. The molecule has 0 saturated carbocycles. The van der Waals surface area contributed by atoms with E-state index < -0.39 is 49.5 Å². The van der Waals surface area contributed by atoms with Crippen molar-refractivity contribution in [1.82, 2.24) is 5.32 Å². The molecule has 0 aliphatic carbocycles. The molecule has 65 heavy (non-hydrogen) atoms. The molecule has 1 heterocycles. The molecule has 11 nitrogen and oxygen atoms in total. The molecule has 6 N–H and O–H groups in total. The lowest BCUT2D eigenvalue weighted by Gasteiger charge is -2.40. The summed E-state index contributed by atoms with van der Waals surface area (Å²) in [6.45, 7) is 4.16. The highest BCUT2D eigenvalue weighted by atomic mass is 16.7. The Bertz CT molecular complexity index is 1180. The van der Waals surface area contributed by atoms with Crippen LogP contribution >= 0.6 is 0 Å². The predicted molar refractivity (Wildman–Crippen MR) is 264 cm³/mol. The van der Waals surface area contributed by atoms with E-state index in [9.17, 15) is 35.1 Å². The first-order valence-electron chi connectivity index (χ1n) is 26.8. The smallest absolute Gasteiger partial charge is 0.305 e. The van der Waals surface area contributed by atoms with Crippen LogP contribution in [0.5, 0.6) is 0 Å². The second kappa shape index (κ2) is 44.4. The molecule has 0 aromatic heterocycles. The van der Waals surface area contributed by atoms with Crippen molar-refractivity contribution in [3.8, 4) is 0 Å². The third kappa shape index (κ3) is 34.8. The number of nitrogens with one attached hydrogen (secondary N) is 1. The Balaban J connectivity index is 2.13. The zero-order chi connectivity index (χ0) is 47.4. The van der Waals surface area contributed by atoms with Gasteiger partial charge in [-0.1, -0.05) is 185 Å². The minimum absolute atomic E-state index is 0.0555. The van der Waals surface area contributed by atoms with E-state index in [2.05, 4.69) is 43.5 Å². The number of hydrogen-bond donors (Lipinski definition) is 6. The number of unbranched alkanes of at least 4 members (excludes halogenated alkanes) is 27. The number of amides is 1. The summed E-state index contributed by atoms with van der Waals surface area (Å²) in [5, 5.41) is 54.0. The van der Waals surface area contributed by atoms with E-state index in [1.54, 1.807) is 6.08 Å². The molecule has 1 aliphatic heterocycles. The molecule has 11 heteroatoms. The van der Waals surface area contributed by atoms with Crippen LogP contribution in [0.15, 0.2) is 36.5 Å². The number of aliphatic hydroxyl groups is 5. The van der Waals surface area contributed by atoms with Gasteiger partial charge in [-0.3, -0.25) is 9.59 Å². The van der Waals surface area contributed by atoms with Crippen molar-refractivity contribution >= 4 is 11.9 Å². The van der Waals surface area contributed by atoms with Crippen molar-refractivity contribution < 1.29 is 49.3 Å². The number of aliphatic hydroxyl groups excluding tert-OH is 5. The third-order valence-corrected chi connectivity index (χ3v) is 12.5. The summed E-state index contributed by atoms with van der Waals surface area (Å²) in [6.07, 6.45) is 42.5. The van der Waals surface area contributed by atoms with Gasteiger partial charge in [0.25, 0.3) is 0 Å². The van der Waals surface area contributed by atoms with Gasteiger partial charge in [-0.05, 0) is 70.6 Å². The Hall–Kier alpha value is -2.12. The topological polar surface area (TPSA) is 175 Å². The second-order valence-electron chi connectivity index (χ2n) is 18.6. The van der Waals surface area contributed by atoms with Gasteiger partial charge in [0, 0.05) is 12.8 Å². The van der Waals surface area contributed by atoms with Crippen molar-refractivity contribution in [2.75, 3.05) is 19.8 Å². The molecule has 1 amide bonds. The molecule has 380 valence electrons. The molecular weight excluding hydrogens is 823 g/mol. The summed E-state index contributed by atoms with van der Waals surface area (Å²) < 4.78 is 16.6. The molecule has 0 aromatic carbocycles. The Morgan fingerprint density at radius 2 is 1.00 bits per heavy atom. The van der Waals surface area contributed by atoms with Gasteiger partial charge >= 0.3 is 5.97 Å². The summed E-state index contributed by atoms with van der Waals surface area (Å²) in [5.74, 6) is -0.279. The minimum atomic E-state index is -1.59. The molecule has 0 bridgehead atoms. The number of carbonyl (C=O) groups is 2. The Labute approximate surface area is 396 Å². The van der Waals surface area contributed by atoms with E-state index in [4.69, 9.17) is 14.2 Å². The van der Waals surface area contributed by atoms with Crippen LogP contribution < -0.4 is 5.32 Å². The quantitative estimate of drug-likeness (QED) is 0.0196. The van der Waals surface area contributed by atoms with E-state index >= 15 is 0 Å². The normalized spacial score (nSPS) is 20.0. The molecule has 0 aromatic rings. The number of allylic oxidation sites excluding steroid dienone is 5. The molecule has 7 atom stereocenters. The Morgan fingerprint density at radius 1 is 0.554 bits per heavy atom. The first-order valence-corrected chi connectivity index (χ1v) is 26.8. The summed E-state index contributed by atoms with van der Waals surface area (Å²) in [4.78, 5) is 25.0. The zero-order valence-corrected chi connectivity index (χ0v) is 41.4. The van der Waals surface area contributed by atoms with Gasteiger partial charge in [-0.25, -0.2) is 0 Å². The third-order valence-electron chi connectivity index (χ3n) is 12.5. The van der Waals surface area contributed by atoms with Gasteiger partial charge < -0.3 is 45.1 Å². The van der Waals surface area contributed by atoms with Crippen molar-refractivity contribution in [1.29, 1.82) is 0 Å². The maximum atomic E-state index is 12.9. The van der Waals surface area contributed by atoms with Crippen LogP contribution in [0, 0.1) is 0 Å². The summed E-state index contributed by atoms with van der Waals surface area (Å²) in [5.41, 5.74) is 0. The highest BCUT2D eigenvalue weighted by Crippen LogP contribution is 2.23. The number of esters is 1. The minimum Gasteiger partial charge on any atom is -0.466 e. The van der Waals surface area contributed by atoms with Gasteiger partial charge in [0.2, 0.25) is 5.91 Å². The average Bonchev–Trinajstić information content (AvgIpc) is 3.30. The number of carbonyl (C=O) groups excluding carboxylic acids is 2. The predicted octanol–water partition coefficient (Wildman–Crippen LogP) is 11.2. The largest absolute Gasteiger partial charge is 0.466 e. The molecule has 1 saturated heterocycles. The fourth-order valence-electron chi connectivity index (χ4n) is 8.15. The highest BCUT2D eigenvalue weighted by Gasteiger charge is 2.44. The number of hydrogen-bond acceptors (Lipinski definition) is 10. The molecular formula is C54H99NO10. The SMILES string of the molecule is CCCCC/C=C/CC/C=C/C(O)C(COC1OC(CO)C(O)C(O)C1O)NC(=O)CCCCCCC/C=C\CCCCOC(=O)CCCCCCCCCCCCCCCCCCC. The molecule has 0 spiro atoms. The standard InChI is InChI=1S/C54H99NO10/c1-3-5-7-9-11-13-14-15-16-17-18-19-22-26-30-34-38-42-50(59)63-43-39-35-31-27-23-20-21-25-29-33-37-41-49(58)55-46(47(57)40-36-32-28-24-12-10-8-6-4-2)45-64-54-53(62)52(61)51(60)48(44-56)65-54/h12,23-24,27,36,40,46-48,51-54,56-57,60-62H,3-11,13-22,25-26,28-35,37-39,41-45H2,1-2H3,(H,55,58)/b24-12+,27-23-,40-36+. The first kappa shape index (κ1) is 60.9. The fourth-order valence-corrected chi connectivity index (χ4v) is 8.15. The zero-order valence-electron chi connectivity index (χ0n) is 41.4. The van der Waals surface area contributed by atoms with E-state index in [1.165, 1.54) is 116 Å². The van der Waals surface area contributed by atoms with E-state index in [0.29, 0.717) is 25.9 Å². The molecule has 1 aliphatic rings. The lowest BCUT2D eigenvalue weighted by atomic mass is 9.99. The summed E-state index contributed by atoms with van der Waals surface area (Å²) >= 11 is 0. The summed E-state index contributed by atoms with van der Waals surface area (Å²) in [7, 11) is 0. The maximum Gasteiger partial charge on any atom is 0.305 e. The Kier molecular flexibility index (Phi) is 41.6. The maximum absolute atomic E-state index is 12.9. The van der Waals surface area contributed by atoms with Crippen LogP contribution in [0.2, 0.25) is 0 Å². The van der Waals surface area contributed by atoms with Gasteiger partial charge in [-0.15, -0.1) is 0 Å². The van der Waals surface area contributed by atoms with Gasteiger partial charge in [-0.2, -0.15) is 0 Å². The monoisotopic (exact) mass is 922 g/mol. The molecule has 1 rings (SSSR count). The van der Waals surface area contributed by atoms with Crippen LogP contribution in [0.25, 0.3) is 0 Å². The van der Waals surface area contributed by atoms with Gasteiger partial charge in [0.15, 0.2) is 6.29 Å². The first-order chi connectivity index (χ1) is 31.7. The van der Waals surface area contributed by atoms with Crippen molar-refractivity contribution in [3.05, 3.63) is 36.5 Å². The van der Waals surface area contributed by atoms with Crippen molar-refractivity contribution in [2.45, 2.75) is 275 Å². The van der Waals surface area contributed by atoms with Crippen LogP contribution in [0.4, 0.5) is 0 Å². The van der Waals surface area contributed by atoms with Crippen LogP contribution in [0.1, 0.15) is 232 Å². The van der Waals surface area contributed by atoms with Crippen LogP contribution in [-0.2, 0) is 23.8 Å². The van der Waals surface area contributed by atoms with Crippen LogP contribution in [0.3, 0.4) is 0 Å². The van der Waals surface area contributed by atoms with E-state index in [0.717, 1.165) is 83.5 Å². The molecule has 7 unspecified atom stereocenters. The molecule has 1 fully saturated rings. The second-order valence-corrected chi connectivity index (χ2v) is 18.6. The van der Waals surface area contributed by atoms with E-state index in [-0.39, 0.29) is 18.5 Å². The van der Waals surface area contributed by atoms with Crippen molar-refractivity contribution in [2.24, 2.45) is 0 Å².